The second kappa shape index (κ2) is 11.6. The van der Waals surface area contributed by atoms with Crippen molar-refractivity contribution in [2.24, 2.45) is 0 Å². The first kappa shape index (κ1) is 21.3. The van der Waals surface area contributed by atoms with Gasteiger partial charge in [-0.15, -0.1) is 0 Å². The van der Waals surface area contributed by atoms with Gasteiger partial charge in [0.2, 0.25) is 0 Å². The fourth-order valence-electron chi connectivity index (χ4n) is 1.85. The van der Waals surface area contributed by atoms with Crippen LogP contribution in [0.3, 0.4) is 0 Å². The van der Waals surface area contributed by atoms with Gasteiger partial charge in [0.1, 0.15) is 30.2 Å². The Morgan fingerprint density at radius 2 is 0.808 bits per heavy atom. The number of hydrogen-bond acceptors (Lipinski definition) is 7. The van der Waals surface area contributed by atoms with Gasteiger partial charge in [0.25, 0.3) is 0 Å². The minimum absolute atomic E-state index is 0.950. The van der Waals surface area contributed by atoms with Crippen molar-refractivity contribution in [1.82, 2.24) is 15.0 Å². The monoisotopic (exact) mass is 589 g/mol. The smallest absolute Gasteiger partial charge is 0.104 e. The maximum Gasteiger partial charge on any atom is 0.104 e. The summed E-state index contributed by atoms with van der Waals surface area (Å²) in [6, 6.07) is 18.1. The molecule has 0 amide bonds. The first-order valence-electron chi connectivity index (χ1n) is 7.01. The Morgan fingerprint density at radius 3 is 1.00 bits per heavy atom. The summed E-state index contributed by atoms with van der Waals surface area (Å²) in [4.78, 5) is 14.0. The number of halogens is 2. The summed E-state index contributed by atoms with van der Waals surface area (Å²) in [6.07, 6.45) is 0. The molecule has 3 aromatic heterocycles. The van der Waals surface area contributed by atoms with E-state index >= 15 is 0 Å². The fourth-order valence-corrected chi connectivity index (χ4v) is 4.41. The van der Waals surface area contributed by atoms with E-state index in [4.69, 9.17) is 5.11 Å². The zero-order valence-corrected chi connectivity index (χ0v) is 18.3. The van der Waals surface area contributed by atoms with E-state index in [-0.39, 0.29) is 0 Å². The first-order chi connectivity index (χ1) is 12.8. The van der Waals surface area contributed by atoms with Crippen LogP contribution in [0, 0.1) is 0 Å². The Morgan fingerprint density at radius 1 is 0.615 bits per heavy atom. The molecule has 1 aliphatic rings. The number of aliphatic hydroxyl groups excluding tert-OH is 1. The number of pyridine rings is 3. The van der Waals surface area contributed by atoms with Crippen molar-refractivity contribution >= 4 is 35.3 Å². The molecule has 0 fully saturated rings. The fraction of sp³-hybridized carbons (Fsp3) is 0.0625. The maximum absolute atomic E-state index is 9.76. The SMILES string of the molecule is CO.[F][Os][F].c1cc2nc(c1)Sc1cccc(n1)Sc1cccc(n1)S2. The zero-order chi connectivity index (χ0) is 18.8. The molecule has 10 heteroatoms. The summed E-state index contributed by atoms with van der Waals surface area (Å²) >= 11 is 2.17. The standard InChI is InChI=1S/C15H9N3S3.CH4O.2FH.Os/c1-4-10-16-11(5-1)20-13-7-3-9-15(18-13)21-14-8-2-6-12(17-14)19-10;1-2;;;/h1-9H;2H,1H3;2*1H;/q;;;;+2/p-2. The topological polar surface area (TPSA) is 58.9 Å². The number of aliphatic hydroxyl groups is 1. The normalized spacial score (nSPS) is 11.7. The molecule has 26 heavy (non-hydrogen) atoms. The van der Waals surface area contributed by atoms with Crippen molar-refractivity contribution in [1.29, 1.82) is 0 Å². The van der Waals surface area contributed by atoms with Gasteiger partial charge in [0.15, 0.2) is 0 Å². The molecule has 1 aliphatic heterocycles. The minimum Gasteiger partial charge on any atom is -0.234 e. The maximum atomic E-state index is 9.76. The summed E-state index contributed by atoms with van der Waals surface area (Å²) in [7, 11) is 1.00. The van der Waals surface area contributed by atoms with Gasteiger partial charge in [-0.25, -0.2) is 15.0 Å². The molecule has 4 rings (SSSR count). The van der Waals surface area contributed by atoms with E-state index in [1.807, 2.05) is 54.6 Å². The molecule has 4 nitrogen and oxygen atoms in total. The second-order valence-electron chi connectivity index (χ2n) is 4.30. The third-order valence-corrected chi connectivity index (χ3v) is 5.34. The summed E-state index contributed by atoms with van der Waals surface area (Å²) < 4.78 is 19.5. The van der Waals surface area contributed by atoms with Gasteiger partial charge in [-0.2, -0.15) is 0 Å². The van der Waals surface area contributed by atoms with E-state index in [9.17, 15) is 6.57 Å². The van der Waals surface area contributed by atoms with Crippen LogP contribution in [-0.4, -0.2) is 27.2 Å². The van der Waals surface area contributed by atoms with Gasteiger partial charge >= 0.3 is 25.0 Å². The van der Waals surface area contributed by atoms with Crippen LogP contribution in [0.25, 0.3) is 0 Å². The summed E-state index contributed by atoms with van der Waals surface area (Å²) in [5, 5.41) is 12.7. The van der Waals surface area contributed by atoms with E-state index in [1.54, 1.807) is 35.3 Å². The van der Waals surface area contributed by atoms with Gasteiger partial charge in [-0.1, -0.05) is 53.5 Å². The van der Waals surface area contributed by atoms with Crippen LogP contribution in [0.5, 0.6) is 0 Å². The molecule has 0 aliphatic carbocycles. The van der Waals surface area contributed by atoms with Gasteiger partial charge in [0.05, 0.1) is 0 Å². The van der Waals surface area contributed by atoms with E-state index in [2.05, 4.69) is 15.0 Å². The second-order valence-corrected chi connectivity index (χ2v) is 7.78. The molecule has 4 heterocycles. The first-order valence-corrected chi connectivity index (χ1v) is 11.4. The van der Waals surface area contributed by atoms with Crippen LogP contribution in [0.4, 0.5) is 6.57 Å². The van der Waals surface area contributed by atoms with Crippen molar-refractivity contribution in [2.75, 3.05) is 7.11 Å². The van der Waals surface area contributed by atoms with E-state index < -0.39 is 18.4 Å². The molecule has 0 aromatic carbocycles. The number of rotatable bonds is 0. The van der Waals surface area contributed by atoms with Crippen LogP contribution in [0.2, 0.25) is 0 Å². The van der Waals surface area contributed by atoms with Crippen molar-refractivity contribution in [3.05, 3.63) is 54.6 Å². The Hall–Kier alpha value is -1.04. The molecule has 1 N–H and O–H groups in total. The third kappa shape index (κ3) is 6.60. The van der Waals surface area contributed by atoms with Crippen molar-refractivity contribution < 1.29 is 30.1 Å². The molecular formula is C16H13F2N3OOsS3. The number of aromatic nitrogens is 3. The van der Waals surface area contributed by atoms with Crippen LogP contribution in [0.15, 0.2) is 84.8 Å². The third-order valence-electron chi connectivity index (χ3n) is 2.72. The Labute approximate surface area is 171 Å². The quantitative estimate of drug-likeness (QED) is 0.308. The van der Waals surface area contributed by atoms with Crippen LogP contribution in [-0.2, 0) is 18.4 Å². The van der Waals surface area contributed by atoms with E-state index in [1.165, 1.54) is 0 Å². The van der Waals surface area contributed by atoms with Crippen molar-refractivity contribution in [2.45, 2.75) is 30.2 Å². The molecule has 6 bridgehead atoms. The Balaban J connectivity index is 0.000000444. The summed E-state index contributed by atoms with van der Waals surface area (Å²) in [5.74, 6) is 0. The molecule has 3 aromatic rings. The predicted octanol–water partition coefficient (Wildman–Crippen LogP) is 5.09. The number of fused-ring (bicyclic) bond motifs is 6. The Kier molecular flexibility index (Phi) is 9.50. The number of hydrogen-bond donors (Lipinski definition) is 1. The Bertz CT molecular complexity index is 685. The molecule has 0 saturated heterocycles. The molecule has 0 spiro atoms. The predicted molar refractivity (Wildman–Crippen MR) is 95.4 cm³/mol. The van der Waals surface area contributed by atoms with Gasteiger partial charge in [-0.3, -0.25) is 0 Å². The van der Waals surface area contributed by atoms with Crippen molar-refractivity contribution in [3.63, 3.8) is 0 Å². The van der Waals surface area contributed by atoms with E-state index in [0.717, 1.165) is 37.3 Å². The zero-order valence-electron chi connectivity index (χ0n) is 13.3. The van der Waals surface area contributed by atoms with Crippen LogP contribution >= 0.6 is 35.3 Å². The molecular weight excluding hydrogens is 575 g/mol. The average molecular weight is 588 g/mol. The van der Waals surface area contributed by atoms with Crippen LogP contribution in [0.1, 0.15) is 0 Å². The summed E-state index contributed by atoms with van der Waals surface area (Å²) in [6.45, 7) is 0. The minimum atomic E-state index is -2.58. The average Bonchev–Trinajstić information content (AvgIpc) is 2.64. The molecule has 0 atom stereocenters. The summed E-state index contributed by atoms with van der Waals surface area (Å²) in [5.41, 5.74) is 0. The molecule has 0 unspecified atom stereocenters. The van der Waals surface area contributed by atoms with Gasteiger partial charge in [0, 0.05) is 7.11 Å². The molecule has 138 valence electrons. The molecule has 0 saturated carbocycles. The van der Waals surface area contributed by atoms with Gasteiger partial charge < -0.3 is 5.11 Å². The van der Waals surface area contributed by atoms with Crippen molar-refractivity contribution in [3.8, 4) is 0 Å². The van der Waals surface area contributed by atoms with E-state index in [0.29, 0.717) is 0 Å². The van der Waals surface area contributed by atoms with Gasteiger partial charge in [-0.05, 0) is 36.4 Å². The number of nitrogens with zero attached hydrogens (tertiary/aromatic N) is 3. The van der Waals surface area contributed by atoms with Crippen LogP contribution < -0.4 is 0 Å². The largest absolute Gasteiger partial charge is 0.234 e. The molecule has 0 radical (unpaired) electrons.